The van der Waals surface area contributed by atoms with Crippen molar-refractivity contribution in [2.24, 2.45) is 0 Å². The van der Waals surface area contributed by atoms with Crippen LogP contribution in [0, 0.1) is 6.92 Å². The van der Waals surface area contributed by atoms with Crippen LogP contribution in [-0.4, -0.2) is 37.0 Å². The Bertz CT molecular complexity index is 967. The van der Waals surface area contributed by atoms with Gasteiger partial charge in [0.05, 0.1) is 44.5 Å². The minimum atomic E-state index is -0.212. The molecule has 0 aliphatic rings. The quantitative estimate of drug-likeness (QED) is 0.681. The predicted molar refractivity (Wildman–Crippen MR) is 106 cm³/mol. The average Bonchev–Trinajstić information content (AvgIpc) is 3.13. The van der Waals surface area contributed by atoms with Crippen molar-refractivity contribution in [3.8, 4) is 22.9 Å². The van der Waals surface area contributed by atoms with Crippen molar-refractivity contribution in [3.63, 3.8) is 0 Å². The van der Waals surface area contributed by atoms with Crippen molar-refractivity contribution in [1.82, 2.24) is 15.1 Å². The van der Waals surface area contributed by atoms with Crippen molar-refractivity contribution in [2.45, 2.75) is 13.5 Å². The Hall–Kier alpha value is -3.48. The molecule has 0 saturated carbocycles. The first-order valence-electron chi connectivity index (χ1n) is 8.76. The largest absolute Gasteiger partial charge is 0.496 e. The van der Waals surface area contributed by atoms with Crippen molar-refractivity contribution >= 4 is 5.91 Å². The molecule has 0 bridgehead atoms. The van der Waals surface area contributed by atoms with Crippen molar-refractivity contribution in [3.05, 3.63) is 65.5 Å². The molecule has 2 aromatic carbocycles. The molecule has 0 fully saturated rings. The molecular formula is C21H23N3O4. The second kappa shape index (κ2) is 8.47. The number of rotatable bonds is 7. The molecule has 7 nitrogen and oxygen atoms in total. The maximum atomic E-state index is 12.7. The number of nitrogens with one attached hydrogen (secondary N) is 1. The number of benzene rings is 2. The van der Waals surface area contributed by atoms with E-state index in [-0.39, 0.29) is 12.5 Å². The van der Waals surface area contributed by atoms with Crippen LogP contribution in [0.4, 0.5) is 0 Å². The van der Waals surface area contributed by atoms with Gasteiger partial charge < -0.3 is 19.5 Å². The number of hydrogen-bond acceptors (Lipinski definition) is 5. The molecule has 1 heterocycles. The van der Waals surface area contributed by atoms with Crippen LogP contribution < -0.4 is 19.5 Å². The highest BCUT2D eigenvalue weighted by Crippen LogP contribution is 2.34. The topological polar surface area (TPSA) is 74.6 Å². The van der Waals surface area contributed by atoms with E-state index in [0.717, 1.165) is 16.9 Å². The van der Waals surface area contributed by atoms with Crippen LogP contribution in [0.25, 0.3) is 5.69 Å². The summed E-state index contributed by atoms with van der Waals surface area (Å²) in [6, 6.07) is 13.2. The first-order chi connectivity index (χ1) is 13.6. The lowest BCUT2D eigenvalue weighted by molar-refractivity contribution is 0.0950. The SMILES string of the molecule is COc1cc(OC)c(OC)cc1CNC(=O)c1cnn(-c2ccccc2)c1C. The number of para-hydroxylation sites is 1. The lowest BCUT2D eigenvalue weighted by Crippen LogP contribution is -2.23. The van der Waals surface area contributed by atoms with Gasteiger partial charge in [-0.1, -0.05) is 18.2 Å². The van der Waals surface area contributed by atoms with Crippen LogP contribution in [0.1, 0.15) is 21.6 Å². The third-order valence-electron chi connectivity index (χ3n) is 4.48. The zero-order chi connectivity index (χ0) is 20.1. The Labute approximate surface area is 163 Å². The van der Waals surface area contributed by atoms with Gasteiger partial charge >= 0.3 is 0 Å². The van der Waals surface area contributed by atoms with Gasteiger partial charge in [0.2, 0.25) is 0 Å². The highest BCUT2D eigenvalue weighted by molar-refractivity contribution is 5.95. The summed E-state index contributed by atoms with van der Waals surface area (Å²) in [5.74, 6) is 1.53. The number of amides is 1. The van der Waals surface area contributed by atoms with Gasteiger partial charge in [-0.2, -0.15) is 5.10 Å². The molecule has 0 atom stereocenters. The Morgan fingerprint density at radius 2 is 1.64 bits per heavy atom. The highest BCUT2D eigenvalue weighted by Gasteiger charge is 2.17. The molecule has 0 aliphatic carbocycles. The zero-order valence-electron chi connectivity index (χ0n) is 16.4. The number of methoxy groups -OCH3 is 3. The van der Waals surface area contributed by atoms with Crippen LogP contribution in [0.15, 0.2) is 48.7 Å². The van der Waals surface area contributed by atoms with E-state index in [9.17, 15) is 4.79 Å². The lowest BCUT2D eigenvalue weighted by Gasteiger charge is -2.14. The first-order valence-corrected chi connectivity index (χ1v) is 8.76. The van der Waals surface area contributed by atoms with Gasteiger partial charge in [0.25, 0.3) is 5.91 Å². The van der Waals surface area contributed by atoms with Gasteiger partial charge in [0, 0.05) is 18.2 Å². The van der Waals surface area contributed by atoms with E-state index >= 15 is 0 Å². The fourth-order valence-corrected chi connectivity index (χ4v) is 2.96. The Kier molecular flexibility index (Phi) is 5.84. The van der Waals surface area contributed by atoms with E-state index in [1.54, 1.807) is 44.3 Å². The number of carbonyl (C=O) groups is 1. The summed E-state index contributed by atoms with van der Waals surface area (Å²) in [4.78, 5) is 12.7. The second-order valence-electron chi connectivity index (χ2n) is 6.09. The van der Waals surface area contributed by atoms with Crippen LogP contribution >= 0.6 is 0 Å². The Balaban J connectivity index is 1.79. The first kappa shape index (κ1) is 19.3. The molecule has 0 unspecified atom stereocenters. The number of aromatic nitrogens is 2. The summed E-state index contributed by atoms with van der Waals surface area (Å²) in [7, 11) is 4.69. The van der Waals surface area contributed by atoms with Gasteiger partial charge in [-0.15, -0.1) is 0 Å². The zero-order valence-corrected chi connectivity index (χ0v) is 16.4. The maximum Gasteiger partial charge on any atom is 0.255 e. The summed E-state index contributed by atoms with van der Waals surface area (Å²) < 4.78 is 17.8. The van der Waals surface area contributed by atoms with Gasteiger partial charge in [-0.3, -0.25) is 4.79 Å². The van der Waals surface area contributed by atoms with E-state index in [1.165, 1.54) is 0 Å². The predicted octanol–water partition coefficient (Wildman–Crippen LogP) is 3.14. The van der Waals surface area contributed by atoms with Gasteiger partial charge in [0.15, 0.2) is 11.5 Å². The smallest absolute Gasteiger partial charge is 0.255 e. The molecule has 0 saturated heterocycles. The standard InChI is InChI=1S/C21H23N3O4/c1-14-17(13-23-24(14)16-8-6-5-7-9-16)21(25)22-12-15-10-19(27-3)20(28-4)11-18(15)26-2/h5-11,13H,12H2,1-4H3,(H,22,25). The summed E-state index contributed by atoms with van der Waals surface area (Å²) in [6.45, 7) is 2.14. The van der Waals surface area contributed by atoms with Crippen LogP contribution in [0.2, 0.25) is 0 Å². The summed E-state index contributed by atoms with van der Waals surface area (Å²) in [5.41, 5.74) is 2.97. The Morgan fingerprint density at radius 3 is 2.29 bits per heavy atom. The molecule has 1 N–H and O–H groups in total. The average molecular weight is 381 g/mol. The number of ether oxygens (including phenoxy) is 3. The van der Waals surface area contributed by atoms with Crippen molar-refractivity contribution in [2.75, 3.05) is 21.3 Å². The molecule has 7 heteroatoms. The lowest BCUT2D eigenvalue weighted by atomic mass is 10.1. The molecule has 3 rings (SSSR count). The highest BCUT2D eigenvalue weighted by atomic mass is 16.5. The van der Waals surface area contributed by atoms with E-state index in [1.807, 2.05) is 37.3 Å². The molecule has 0 aliphatic heterocycles. The van der Waals surface area contributed by atoms with Gasteiger partial charge in [-0.05, 0) is 25.1 Å². The van der Waals surface area contributed by atoms with Crippen LogP contribution in [-0.2, 0) is 6.54 Å². The minimum absolute atomic E-state index is 0.212. The van der Waals surface area contributed by atoms with E-state index in [2.05, 4.69) is 10.4 Å². The minimum Gasteiger partial charge on any atom is -0.496 e. The number of nitrogens with zero attached hydrogens (tertiary/aromatic N) is 2. The van der Waals surface area contributed by atoms with E-state index in [0.29, 0.717) is 22.8 Å². The molecule has 3 aromatic rings. The molecule has 28 heavy (non-hydrogen) atoms. The van der Waals surface area contributed by atoms with E-state index in [4.69, 9.17) is 14.2 Å². The third kappa shape index (κ3) is 3.78. The summed E-state index contributed by atoms with van der Waals surface area (Å²) in [5, 5.41) is 7.26. The number of carbonyl (C=O) groups excluding carboxylic acids is 1. The van der Waals surface area contributed by atoms with Crippen LogP contribution in [0.3, 0.4) is 0 Å². The molecule has 0 radical (unpaired) electrons. The molecule has 146 valence electrons. The van der Waals surface area contributed by atoms with Gasteiger partial charge in [-0.25, -0.2) is 4.68 Å². The summed E-state index contributed by atoms with van der Waals surface area (Å²) >= 11 is 0. The number of hydrogen-bond donors (Lipinski definition) is 1. The molecule has 1 amide bonds. The Morgan fingerprint density at radius 1 is 1.00 bits per heavy atom. The summed E-state index contributed by atoms with van der Waals surface area (Å²) in [6.07, 6.45) is 1.57. The van der Waals surface area contributed by atoms with Gasteiger partial charge in [0.1, 0.15) is 5.75 Å². The van der Waals surface area contributed by atoms with Crippen LogP contribution in [0.5, 0.6) is 17.2 Å². The fourth-order valence-electron chi connectivity index (χ4n) is 2.96. The van der Waals surface area contributed by atoms with E-state index < -0.39 is 0 Å². The van der Waals surface area contributed by atoms with Crippen molar-refractivity contribution < 1.29 is 19.0 Å². The molecule has 1 aromatic heterocycles. The maximum absolute atomic E-state index is 12.7. The molecular weight excluding hydrogens is 358 g/mol. The third-order valence-corrected chi connectivity index (χ3v) is 4.48. The normalized spacial score (nSPS) is 10.4. The second-order valence-corrected chi connectivity index (χ2v) is 6.09. The fraction of sp³-hybridized carbons (Fsp3) is 0.238. The van der Waals surface area contributed by atoms with Crippen molar-refractivity contribution in [1.29, 1.82) is 0 Å². The molecule has 0 spiro atoms. The monoisotopic (exact) mass is 381 g/mol.